The van der Waals surface area contributed by atoms with Crippen LogP contribution in [0.4, 0.5) is 0 Å². The van der Waals surface area contributed by atoms with Crippen LogP contribution in [-0.4, -0.2) is 31.8 Å². The molecule has 8 nitrogen and oxygen atoms in total. The second-order valence-electron chi connectivity index (χ2n) is 5.22. The molecule has 3 aromatic rings. The number of nitrogens with zero attached hydrogens (tertiary/aromatic N) is 3. The zero-order valence-corrected chi connectivity index (χ0v) is 15.2. The fourth-order valence-electron chi connectivity index (χ4n) is 2.23. The Morgan fingerprint density at radius 3 is 2.70 bits per heavy atom. The lowest BCUT2D eigenvalue weighted by Gasteiger charge is -2.12. The number of nitrogens with one attached hydrogen (secondary N) is 2. The van der Waals surface area contributed by atoms with Crippen LogP contribution in [0.2, 0.25) is 5.02 Å². The second kappa shape index (κ2) is 7.94. The number of aromatic nitrogens is 3. The summed E-state index contributed by atoms with van der Waals surface area (Å²) in [7, 11) is 0. The molecule has 0 atom stereocenters. The Labute approximate surface area is 162 Å². The van der Waals surface area contributed by atoms with Gasteiger partial charge in [-0.1, -0.05) is 23.7 Å². The molecule has 0 aliphatic carbocycles. The Morgan fingerprint density at radius 2 is 2.00 bits per heavy atom. The molecule has 3 N–H and O–H groups in total. The average molecular weight is 402 g/mol. The number of amides is 1. The van der Waals surface area contributed by atoms with Gasteiger partial charge in [-0.05, 0) is 36.5 Å². The van der Waals surface area contributed by atoms with Gasteiger partial charge in [0.1, 0.15) is 5.56 Å². The van der Waals surface area contributed by atoms with Crippen LogP contribution in [0, 0.1) is 4.77 Å². The number of para-hydroxylation sites is 1. The minimum atomic E-state index is -0.664. The van der Waals surface area contributed by atoms with E-state index in [-0.39, 0.29) is 10.3 Å². The summed E-state index contributed by atoms with van der Waals surface area (Å²) in [5.74, 6) is -0.956. The van der Waals surface area contributed by atoms with Gasteiger partial charge < -0.3 is 5.11 Å². The highest BCUT2D eigenvalue weighted by atomic mass is 35.5. The molecule has 0 fully saturated rings. The number of rotatable bonds is 4. The van der Waals surface area contributed by atoms with Gasteiger partial charge in [-0.3, -0.25) is 24.1 Å². The van der Waals surface area contributed by atoms with Crippen molar-refractivity contribution in [2.24, 2.45) is 5.10 Å². The molecule has 0 unspecified atom stereocenters. The lowest BCUT2D eigenvalue weighted by molar-refractivity contribution is 0.0955. The van der Waals surface area contributed by atoms with Gasteiger partial charge in [0.25, 0.3) is 11.5 Å². The number of benzene rings is 1. The van der Waals surface area contributed by atoms with Gasteiger partial charge >= 0.3 is 0 Å². The fraction of sp³-hybridized carbons (Fsp3) is 0. The summed E-state index contributed by atoms with van der Waals surface area (Å²) in [6.07, 6.45) is 3.95. The predicted octanol–water partition coefficient (Wildman–Crippen LogP) is 2.41. The first-order valence-corrected chi connectivity index (χ1v) is 8.34. The van der Waals surface area contributed by atoms with E-state index >= 15 is 0 Å². The van der Waals surface area contributed by atoms with Crippen LogP contribution in [-0.2, 0) is 0 Å². The third kappa shape index (κ3) is 3.94. The molecule has 0 saturated heterocycles. The molecule has 0 bridgehead atoms. The lowest BCUT2D eigenvalue weighted by atomic mass is 10.2. The maximum absolute atomic E-state index is 12.1. The average Bonchev–Trinajstić information content (AvgIpc) is 2.66. The van der Waals surface area contributed by atoms with Crippen LogP contribution in [0.25, 0.3) is 5.69 Å². The van der Waals surface area contributed by atoms with Crippen LogP contribution in [0.15, 0.2) is 58.7 Å². The Kier molecular flexibility index (Phi) is 5.43. The minimum Gasteiger partial charge on any atom is -0.494 e. The van der Waals surface area contributed by atoms with Gasteiger partial charge in [0, 0.05) is 18.0 Å². The van der Waals surface area contributed by atoms with E-state index < -0.39 is 17.3 Å². The van der Waals surface area contributed by atoms with Crippen LogP contribution in [0.1, 0.15) is 15.9 Å². The minimum absolute atomic E-state index is 0.0384. The van der Waals surface area contributed by atoms with Crippen molar-refractivity contribution in [2.75, 3.05) is 0 Å². The largest absolute Gasteiger partial charge is 0.494 e. The zero-order valence-electron chi connectivity index (χ0n) is 13.6. The Morgan fingerprint density at radius 1 is 1.30 bits per heavy atom. The first kappa shape index (κ1) is 18.5. The topological polar surface area (TPSA) is 112 Å². The molecule has 2 heterocycles. The predicted molar refractivity (Wildman–Crippen MR) is 103 cm³/mol. The van der Waals surface area contributed by atoms with Crippen molar-refractivity contribution in [1.82, 2.24) is 20.0 Å². The number of halogens is 1. The number of H-pyrrole nitrogens is 1. The van der Waals surface area contributed by atoms with Crippen molar-refractivity contribution in [2.45, 2.75) is 0 Å². The molecule has 0 spiro atoms. The number of carbonyl (C=O) groups excluding carboxylic acids is 1. The van der Waals surface area contributed by atoms with Gasteiger partial charge in [0.2, 0.25) is 5.88 Å². The first-order chi connectivity index (χ1) is 13.0. The smallest absolute Gasteiger partial charge is 0.271 e. The number of pyridine rings is 1. The van der Waals surface area contributed by atoms with E-state index in [1.54, 1.807) is 24.3 Å². The van der Waals surface area contributed by atoms with Crippen molar-refractivity contribution in [3.8, 4) is 11.6 Å². The van der Waals surface area contributed by atoms with E-state index in [1.807, 2.05) is 0 Å². The van der Waals surface area contributed by atoms with E-state index in [1.165, 1.54) is 29.1 Å². The third-order valence-corrected chi connectivity index (χ3v) is 4.12. The highest BCUT2D eigenvalue weighted by Crippen LogP contribution is 2.24. The number of carbonyl (C=O) groups is 1. The molecule has 1 amide bonds. The number of aromatic amines is 1. The zero-order chi connectivity index (χ0) is 19.4. The van der Waals surface area contributed by atoms with Crippen molar-refractivity contribution in [1.29, 1.82) is 0 Å². The highest BCUT2D eigenvalue weighted by Gasteiger charge is 2.14. The van der Waals surface area contributed by atoms with Crippen molar-refractivity contribution in [3.63, 3.8) is 0 Å². The van der Waals surface area contributed by atoms with E-state index in [9.17, 15) is 14.7 Å². The summed E-state index contributed by atoms with van der Waals surface area (Å²) >= 11 is 11.3. The summed E-state index contributed by atoms with van der Waals surface area (Å²) in [5.41, 5.74) is 2.13. The van der Waals surface area contributed by atoms with Crippen LogP contribution < -0.4 is 11.0 Å². The Balaban J connectivity index is 1.96. The van der Waals surface area contributed by atoms with Gasteiger partial charge in [-0.2, -0.15) is 5.10 Å². The van der Waals surface area contributed by atoms with E-state index in [0.29, 0.717) is 16.3 Å². The van der Waals surface area contributed by atoms with Crippen molar-refractivity contribution < 1.29 is 9.90 Å². The molecule has 0 radical (unpaired) electrons. The standard InChI is InChI=1S/C17H12ClN5O3S/c18-12-3-1-2-4-13(12)23-16(26)11(15(25)21-17(23)27)9-20-22-14(24)10-5-7-19-8-6-10/h1-9,26H,(H,22,24)(H,21,25,27)/b20-9+. The monoisotopic (exact) mass is 401 g/mol. The molecule has 27 heavy (non-hydrogen) atoms. The summed E-state index contributed by atoms with van der Waals surface area (Å²) in [4.78, 5) is 30.3. The lowest BCUT2D eigenvalue weighted by Crippen LogP contribution is -2.21. The van der Waals surface area contributed by atoms with E-state index in [2.05, 4.69) is 20.5 Å². The van der Waals surface area contributed by atoms with Crippen LogP contribution in [0.3, 0.4) is 0 Å². The second-order valence-corrected chi connectivity index (χ2v) is 6.01. The Hall–Kier alpha value is -3.30. The molecule has 2 aromatic heterocycles. The summed E-state index contributed by atoms with van der Waals surface area (Å²) in [6, 6.07) is 9.68. The third-order valence-electron chi connectivity index (χ3n) is 3.52. The molecule has 0 aliphatic rings. The van der Waals surface area contributed by atoms with E-state index in [4.69, 9.17) is 23.8 Å². The van der Waals surface area contributed by atoms with Crippen LogP contribution >= 0.6 is 23.8 Å². The molecule has 1 aromatic carbocycles. The highest BCUT2D eigenvalue weighted by molar-refractivity contribution is 7.71. The molecule has 0 saturated carbocycles. The summed E-state index contributed by atoms with van der Waals surface area (Å²) in [5, 5.41) is 14.6. The van der Waals surface area contributed by atoms with E-state index in [0.717, 1.165) is 6.21 Å². The molecular weight excluding hydrogens is 390 g/mol. The van der Waals surface area contributed by atoms with Crippen molar-refractivity contribution >= 4 is 35.9 Å². The molecular formula is C17H12ClN5O3S. The number of hydrogen-bond donors (Lipinski definition) is 3. The normalized spacial score (nSPS) is 10.9. The molecule has 0 aliphatic heterocycles. The van der Waals surface area contributed by atoms with Gasteiger partial charge in [-0.25, -0.2) is 5.43 Å². The molecule has 10 heteroatoms. The van der Waals surface area contributed by atoms with Gasteiger partial charge in [0.05, 0.1) is 16.9 Å². The summed E-state index contributed by atoms with van der Waals surface area (Å²) < 4.78 is 1.16. The first-order valence-electron chi connectivity index (χ1n) is 7.55. The van der Waals surface area contributed by atoms with Gasteiger partial charge in [-0.15, -0.1) is 0 Å². The maximum atomic E-state index is 12.1. The molecule has 136 valence electrons. The van der Waals surface area contributed by atoms with Gasteiger partial charge in [0.15, 0.2) is 4.77 Å². The van der Waals surface area contributed by atoms with Crippen LogP contribution in [0.5, 0.6) is 5.88 Å². The number of hydrogen-bond acceptors (Lipinski definition) is 6. The number of aromatic hydroxyl groups is 1. The SMILES string of the molecule is O=C(N/N=C/c1c(O)n(-c2ccccc2Cl)c(=S)[nH]c1=O)c1ccncc1. The maximum Gasteiger partial charge on any atom is 0.271 e. The molecule has 3 rings (SSSR count). The number of hydrazone groups is 1. The summed E-state index contributed by atoms with van der Waals surface area (Å²) in [6.45, 7) is 0. The quantitative estimate of drug-likeness (QED) is 0.353. The fourth-order valence-corrected chi connectivity index (χ4v) is 2.73. The Bertz CT molecular complexity index is 1140. The van der Waals surface area contributed by atoms with Crippen molar-refractivity contribution in [3.05, 3.63) is 80.1 Å².